The van der Waals surface area contributed by atoms with E-state index in [2.05, 4.69) is 4.85 Å². The van der Waals surface area contributed by atoms with E-state index >= 15 is 0 Å². The highest BCUT2D eigenvalue weighted by Gasteiger charge is 2.35. The molecule has 1 atom stereocenters. The SMILES string of the molecule is [C-]#[N+]c1ccc(S(=O)(=O)c2cccc(S(=O)(=O)N3CCC[C@H]3CO)c2)s1. The lowest BCUT2D eigenvalue weighted by Crippen LogP contribution is -2.37. The molecule has 0 amide bonds. The zero-order valence-corrected chi connectivity index (χ0v) is 16.0. The highest BCUT2D eigenvalue weighted by molar-refractivity contribution is 7.93. The molecule has 2 heterocycles. The molecule has 1 aliphatic heterocycles. The van der Waals surface area contributed by atoms with Crippen LogP contribution in [0.4, 0.5) is 5.00 Å². The number of rotatable bonds is 5. The number of sulfone groups is 1. The van der Waals surface area contributed by atoms with E-state index in [0.717, 1.165) is 17.4 Å². The van der Waals surface area contributed by atoms with Crippen LogP contribution in [0.15, 0.2) is 50.4 Å². The molecule has 1 aliphatic rings. The van der Waals surface area contributed by atoms with Gasteiger partial charge in [0, 0.05) is 12.6 Å². The summed E-state index contributed by atoms with van der Waals surface area (Å²) in [6.07, 6.45) is 1.22. The Labute approximate surface area is 156 Å². The van der Waals surface area contributed by atoms with E-state index in [1.165, 1.54) is 34.6 Å². The summed E-state index contributed by atoms with van der Waals surface area (Å²) >= 11 is 0.842. The second-order valence-electron chi connectivity index (χ2n) is 5.78. The van der Waals surface area contributed by atoms with Gasteiger partial charge in [-0.25, -0.2) is 21.7 Å². The quantitative estimate of drug-likeness (QED) is 0.760. The lowest BCUT2D eigenvalue weighted by atomic mass is 10.2. The third kappa shape index (κ3) is 3.28. The van der Waals surface area contributed by atoms with E-state index in [-0.39, 0.29) is 25.6 Å². The molecular weight excluding hydrogens is 396 g/mol. The van der Waals surface area contributed by atoms with Gasteiger partial charge in [-0.3, -0.25) is 0 Å². The zero-order chi connectivity index (χ0) is 18.9. The van der Waals surface area contributed by atoms with Gasteiger partial charge in [-0.15, -0.1) is 11.3 Å². The second kappa shape index (κ2) is 7.09. The third-order valence-corrected chi connectivity index (χ3v) is 9.37. The fourth-order valence-corrected chi connectivity index (χ4v) is 7.21. The van der Waals surface area contributed by atoms with Crippen LogP contribution in [-0.4, -0.2) is 45.4 Å². The number of aliphatic hydroxyl groups is 1. The predicted octanol–water partition coefficient (Wildman–Crippen LogP) is 2.28. The standard InChI is InChI=1S/C16H16N2O5S3/c1-17-15-7-8-16(24-15)25(20,21)13-5-2-6-14(10-13)26(22,23)18-9-3-4-12(18)11-19/h2,5-8,10,12,19H,3-4,9,11H2/t12-/m0/s1. The van der Waals surface area contributed by atoms with Gasteiger partial charge in [0.25, 0.3) is 0 Å². The van der Waals surface area contributed by atoms with Gasteiger partial charge in [0.05, 0.1) is 23.0 Å². The van der Waals surface area contributed by atoms with Crippen molar-refractivity contribution in [2.45, 2.75) is 32.9 Å². The summed E-state index contributed by atoms with van der Waals surface area (Å²) in [4.78, 5) is 2.94. The second-order valence-corrected chi connectivity index (χ2v) is 10.9. The first-order chi connectivity index (χ1) is 12.3. The van der Waals surface area contributed by atoms with E-state index in [4.69, 9.17) is 6.57 Å². The highest BCUT2D eigenvalue weighted by atomic mass is 32.2. The third-order valence-electron chi connectivity index (χ3n) is 4.20. The Bertz CT molecular complexity index is 1070. The number of aliphatic hydroxyl groups excluding tert-OH is 1. The fraction of sp³-hybridized carbons (Fsp3) is 0.312. The maximum Gasteiger partial charge on any atom is 0.243 e. The highest BCUT2D eigenvalue weighted by Crippen LogP contribution is 2.34. The molecule has 3 rings (SSSR count). The lowest BCUT2D eigenvalue weighted by molar-refractivity contribution is 0.213. The van der Waals surface area contributed by atoms with Crippen molar-refractivity contribution in [3.63, 3.8) is 0 Å². The minimum Gasteiger partial charge on any atom is -0.395 e. The van der Waals surface area contributed by atoms with Gasteiger partial charge in [0.15, 0.2) is 0 Å². The minimum atomic E-state index is -3.91. The van der Waals surface area contributed by atoms with Crippen molar-refractivity contribution in [3.8, 4) is 0 Å². The minimum absolute atomic E-state index is 0.00699. The Morgan fingerprint density at radius 3 is 2.58 bits per heavy atom. The van der Waals surface area contributed by atoms with Gasteiger partial charge in [0.1, 0.15) is 4.21 Å². The fourth-order valence-electron chi connectivity index (χ4n) is 2.88. The molecule has 138 valence electrons. The van der Waals surface area contributed by atoms with E-state index < -0.39 is 25.9 Å². The molecule has 7 nitrogen and oxygen atoms in total. The number of nitrogens with zero attached hydrogens (tertiary/aromatic N) is 2. The van der Waals surface area contributed by atoms with Crippen LogP contribution in [0.2, 0.25) is 0 Å². The first kappa shape index (κ1) is 19.0. The largest absolute Gasteiger partial charge is 0.395 e. The van der Waals surface area contributed by atoms with Crippen molar-refractivity contribution in [3.05, 3.63) is 47.8 Å². The molecule has 2 aromatic rings. The van der Waals surface area contributed by atoms with Crippen molar-refractivity contribution in [2.75, 3.05) is 13.2 Å². The Balaban J connectivity index is 2.02. The first-order valence-corrected chi connectivity index (χ1v) is 11.5. The normalized spacial score (nSPS) is 18.7. The average Bonchev–Trinajstić information content (AvgIpc) is 3.31. The number of benzene rings is 1. The summed E-state index contributed by atoms with van der Waals surface area (Å²) in [6.45, 7) is 6.97. The number of hydrogen-bond acceptors (Lipinski definition) is 6. The summed E-state index contributed by atoms with van der Waals surface area (Å²) in [6, 6.07) is 7.47. The maximum absolute atomic E-state index is 12.9. The Hall–Kier alpha value is -1.77. The van der Waals surface area contributed by atoms with Crippen LogP contribution in [0.25, 0.3) is 4.85 Å². The van der Waals surface area contributed by atoms with Gasteiger partial charge >= 0.3 is 0 Å². The molecule has 1 saturated heterocycles. The number of thiophene rings is 1. The maximum atomic E-state index is 12.9. The van der Waals surface area contributed by atoms with Crippen molar-refractivity contribution in [1.29, 1.82) is 0 Å². The van der Waals surface area contributed by atoms with Crippen LogP contribution in [0, 0.1) is 6.57 Å². The molecule has 1 aromatic heterocycles. The Kier molecular flexibility index (Phi) is 5.18. The Morgan fingerprint density at radius 1 is 1.19 bits per heavy atom. The summed E-state index contributed by atoms with van der Waals surface area (Å²) in [5.41, 5.74) is 0. The van der Waals surface area contributed by atoms with Crippen LogP contribution in [-0.2, 0) is 19.9 Å². The van der Waals surface area contributed by atoms with Gasteiger partial charge in [-0.1, -0.05) is 6.07 Å². The first-order valence-electron chi connectivity index (χ1n) is 7.76. The molecule has 0 spiro atoms. The van der Waals surface area contributed by atoms with Crippen molar-refractivity contribution < 1.29 is 21.9 Å². The van der Waals surface area contributed by atoms with Crippen molar-refractivity contribution >= 4 is 36.2 Å². The molecule has 10 heteroatoms. The molecule has 26 heavy (non-hydrogen) atoms. The summed E-state index contributed by atoms with van der Waals surface area (Å²) in [5, 5.41) is 9.63. The van der Waals surface area contributed by atoms with E-state index in [1.54, 1.807) is 0 Å². The van der Waals surface area contributed by atoms with E-state index in [0.29, 0.717) is 19.4 Å². The van der Waals surface area contributed by atoms with Crippen LogP contribution in [0.1, 0.15) is 12.8 Å². The molecule has 0 unspecified atom stereocenters. The zero-order valence-electron chi connectivity index (χ0n) is 13.6. The van der Waals surface area contributed by atoms with Gasteiger partial charge in [0.2, 0.25) is 24.9 Å². The number of sulfonamides is 1. The van der Waals surface area contributed by atoms with Gasteiger partial charge < -0.3 is 5.11 Å². The summed E-state index contributed by atoms with van der Waals surface area (Å²) < 4.78 is 52.4. The van der Waals surface area contributed by atoms with Crippen LogP contribution < -0.4 is 0 Å². The van der Waals surface area contributed by atoms with Gasteiger partial charge in [-0.05, 0) is 43.2 Å². The predicted molar refractivity (Wildman–Crippen MR) is 96.5 cm³/mol. The molecule has 0 saturated carbocycles. The van der Waals surface area contributed by atoms with Crippen molar-refractivity contribution in [1.82, 2.24) is 4.31 Å². The molecule has 0 radical (unpaired) electrons. The summed E-state index contributed by atoms with van der Waals surface area (Å²) in [5.74, 6) is 0. The molecule has 1 aromatic carbocycles. The van der Waals surface area contributed by atoms with Crippen LogP contribution in [0.5, 0.6) is 0 Å². The average molecular weight is 413 g/mol. The van der Waals surface area contributed by atoms with Crippen molar-refractivity contribution in [2.24, 2.45) is 0 Å². The molecular formula is C16H16N2O5S3. The van der Waals surface area contributed by atoms with Crippen LogP contribution >= 0.6 is 11.3 Å². The topological polar surface area (TPSA) is 96.1 Å². The molecule has 0 bridgehead atoms. The van der Waals surface area contributed by atoms with Crippen LogP contribution in [0.3, 0.4) is 0 Å². The molecule has 0 aliphatic carbocycles. The van der Waals surface area contributed by atoms with Gasteiger partial charge in [-0.2, -0.15) is 4.31 Å². The Morgan fingerprint density at radius 2 is 1.92 bits per heavy atom. The lowest BCUT2D eigenvalue weighted by Gasteiger charge is -2.22. The van der Waals surface area contributed by atoms with E-state index in [9.17, 15) is 21.9 Å². The number of hydrogen-bond donors (Lipinski definition) is 1. The molecule has 1 N–H and O–H groups in total. The summed E-state index contributed by atoms with van der Waals surface area (Å²) in [7, 11) is -7.81. The van der Waals surface area contributed by atoms with E-state index in [1.807, 2.05) is 0 Å². The monoisotopic (exact) mass is 412 g/mol. The molecule has 1 fully saturated rings. The smallest absolute Gasteiger partial charge is 0.243 e.